The zero-order valence-corrected chi connectivity index (χ0v) is 36.0. The number of para-hydroxylation sites is 2. The first-order valence-electron chi connectivity index (χ1n) is 21.6. The molecular formula is C54H58BN3. The van der Waals surface area contributed by atoms with Gasteiger partial charge >= 0.3 is 0 Å². The van der Waals surface area contributed by atoms with Crippen LogP contribution in [0.4, 0.5) is 34.1 Å². The van der Waals surface area contributed by atoms with Crippen LogP contribution >= 0.6 is 0 Å². The standard InChI is InChI=1S/C54H58BN3/c1-50(2)26-27-51(3,4)41-30-37(24-25-39(41)50)58-47-34-43-42(52(5,6)28-29-54(43,9)56)33-46(47)55-45-23-17-16-22-40(45)53(7,8)44-31-38(32-48(58)49(44)55)57(35-18-12-10-13-19-35)36-20-14-11-15-21-36/h10-25,30-34H,26-29,56H2,1-9H3. The number of anilines is 6. The van der Waals surface area contributed by atoms with Crippen LogP contribution in [0.15, 0.2) is 127 Å². The summed E-state index contributed by atoms with van der Waals surface area (Å²) in [5, 5.41) is 0. The van der Waals surface area contributed by atoms with Gasteiger partial charge in [0.25, 0.3) is 0 Å². The number of hydrogen-bond donors (Lipinski definition) is 1. The van der Waals surface area contributed by atoms with Crippen LogP contribution in [0.5, 0.6) is 0 Å². The molecule has 0 saturated heterocycles. The Kier molecular flexibility index (Phi) is 8.01. The van der Waals surface area contributed by atoms with Crippen LogP contribution in [0.1, 0.15) is 121 Å². The third-order valence-corrected chi connectivity index (χ3v) is 15.0. The van der Waals surface area contributed by atoms with Crippen molar-refractivity contribution in [3.05, 3.63) is 161 Å². The number of nitrogens with zero attached hydrogens (tertiary/aromatic N) is 2. The Morgan fingerprint density at radius 2 is 1.03 bits per heavy atom. The summed E-state index contributed by atoms with van der Waals surface area (Å²) in [6.07, 6.45) is 4.39. The Bertz CT molecular complexity index is 2580. The van der Waals surface area contributed by atoms with E-state index < -0.39 is 5.54 Å². The van der Waals surface area contributed by atoms with Crippen molar-refractivity contribution in [1.82, 2.24) is 0 Å². The Hall–Kier alpha value is -5.06. The minimum absolute atomic E-state index is 0.0157. The predicted molar refractivity (Wildman–Crippen MR) is 248 cm³/mol. The van der Waals surface area contributed by atoms with E-state index in [1.165, 1.54) is 79.7 Å². The monoisotopic (exact) mass is 759 g/mol. The maximum atomic E-state index is 7.36. The lowest BCUT2D eigenvalue weighted by atomic mass is 9.30. The van der Waals surface area contributed by atoms with E-state index in [4.69, 9.17) is 5.73 Å². The Balaban J connectivity index is 1.34. The van der Waals surface area contributed by atoms with E-state index in [9.17, 15) is 0 Å². The van der Waals surface area contributed by atoms with Gasteiger partial charge in [-0.3, -0.25) is 0 Å². The first-order chi connectivity index (χ1) is 27.5. The largest absolute Gasteiger partial charge is 0.322 e. The second kappa shape index (κ2) is 12.5. The van der Waals surface area contributed by atoms with E-state index in [0.29, 0.717) is 0 Å². The zero-order chi connectivity index (χ0) is 40.6. The van der Waals surface area contributed by atoms with Crippen LogP contribution in [0.25, 0.3) is 0 Å². The van der Waals surface area contributed by atoms with Crippen LogP contribution in [0, 0.1) is 0 Å². The predicted octanol–water partition coefficient (Wildman–Crippen LogP) is 11.7. The highest BCUT2D eigenvalue weighted by atomic mass is 15.2. The molecule has 3 nitrogen and oxygen atoms in total. The van der Waals surface area contributed by atoms with E-state index in [2.05, 4.69) is 200 Å². The van der Waals surface area contributed by atoms with Gasteiger partial charge in [-0.1, -0.05) is 134 Å². The number of rotatable bonds is 4. The second-order valence-corrected chi connectivity index (χ2v) is 20.7. The molecule has 4 heteroatoms. The molecule has 1 unspecified atom stereocenters. The molecule has 0 bridgehead atoms. The van der Waals surface area contributed by atoms with E-state index in [-0.39, 0.29) is 28.4 Å². The molecule has 0 fully saturated rings. The third kappa shape index (κ3) is 5.43. The van der Waals surface area contributed by atoms with E-state index in [1.807, 2.05) is 0 Å². The molecule has 4 aliphatic rings. The van der Waals surface area contributed by atoms with Gasteiger partial charge in [-0.05, 0) is 148 Å². The van der Waals surface area contributed by atoms with Crippen molar-refractivity contribution in [3.63, 3.8) is 0 Å². The zero-order valence-electron chi connectivity index (χ0n) is 36.0. The molecule has 2 N–H and O–H groups in total. The number of fused-ring (bicyclic) bond motifs is 6. The Morgan fingerprint density at radius 3 is 1.69 bits per heavy atom. The molecule has 0 radical (unpaired) electrons. The van der Waals surface area contributed by atoms with Crippen molar-refractivity contribution >= 4 is 57.2 Å². The lowest BCUT2D eigenvalue weighted by Crippen LogP contribution is -2.64. The van der Waals surface area contributed by atoms with E-state index in [1.54, 1.807) is 0 Å². The van der Waals surface area contributed by atoms with Crippen molar-refractivity contribution in [2.24, 2.45) is 5.73 Å². The van der Waals surface area contributed by atoms with Crippen LogP contribution in [0.2, 0.25) is 0 Å². The number of hydrogen-bond acceptors (Lipinski definition) is 3. The summed E-state index contributed by atoms with van der Waals surface area (Å²) in [6.45, 7) is 21.8. The summed E-state index contributed by atoms with van der Waals surface area (Å²) in [4.78, 5) is 5.09. The van der Waals surface area contributed by atoms with Gasteiger partial charge in [-0.25, -0.2) is 0 Å². The van der Waals surface area contributed by atoms with Gasteiger partial charge in [-0.15, -0.1) is 0 Å². The fourth-order valence-electron chi connectivity index (χ4n) is 11.3. The molecule has 2 heterocycles. The van der Waals surface area contributed by atoms with Gasteiger partial charge in [0, 0.05) is 45.1 Å². The molecule has 2 aliphatic carbocycles. The molecule has 10 rings (SSSR count). The number of benzene rings is 6. The van der Waals surface area contributed by atoms with E-state index >= 15 is 0 Å². The summed E-state index contributed by atoms with van der Waals surface area (Å²) in [5.41, 5.74) is 26.7. The highest BCUT2D eigenvalue weighted by Gasteiger charge is 2.49. The first kappa shape index (κ1) is 37.2. The fourth-order valence-corrected chi connectivity index (χ4v) is 11.3. The van der Waals surface area contributed by atoms with Crippen LogP contribution in [-0.2, 0) is 27.2 Å². The molecule has 0 amide bonds. The van der Waals surface area contributed by atoms with Crippen LogP contribution in [-0.4, -0.2) is 6.71 Å². The lowest BCUT2D eigenvalue weighted by Gasteiger charge is -2.49. The van der Waals surface area contributed by atoms with Gasteiger partial charge in [0.15, 0.2) is 0 Å². The van der Waals surface area contributed by atoms with Gasteiger partial charge < -0.3 is 15.5 Å². The Morgan fingerprint density at radius 1 is 0.466 bits per heavy atom. The summed E-state index contributed by atoms with van der Waals surface area (Å²) in [6, 6.07) is 48.6. The van der Waals surface area contributed by atoms with E-state index in [0.717, 1.165) is 29.9 Å². The summed E-state index contributed by atoms with van der Waals surface area (Å²) in [7, 11) is 0. The van der Waals surface area contributed by atoms with Gasteiger partial charge in [0.05, 0.1) is 0 Å². The highest BCUT2D eigenvalue weighted by Crippen LogP contribution is 2.52. The summed E-state index contributed by atoms with van der Waals surface area (Å²) in [5.74, 6) is 0. The normalized spacial score (nSPS) is 21.2. The SMILES string of the molecule is CC1(C)CCC(C)(C)c2cc(N3c4cc5c(cc4B4c6ccccc6C(C)(C)c6cc(N(c7ccccc7)c7ccccc7)cc3c64)C(C)(C)CCC5(C)N)ccc21. The average molecular weight is 760 g/mol. The molecule has 0 spiro atoms. The quantitative estimate of drug-likeness (QED) is 0.181. The molecule has 1 atom stereocenters. The summed E-state index contributed by atoms with van der Waals surface area (Å²) < 4.78 is 0. The molecule has 0 aromatic heterocycles. The van der Waals surface area contributed by atoms with Crippen LogP contribution < -0.4 is 31.9 Å². The van der Waals surface area contributed by atoms with Gasteiger partial charge in [0.2, 0.25) is 6.71 Å². The summed E-state index contributed by atoms with van der Waals surface area (Å²) >= 11 is 0. The first-order valence-corrected chi connectivity index (χ1v) is 21.6. The minimum Gasteiger partial charge on any atom is -0.322 e. The molecule has 2 aliphatic heterocycles. The smallest absolute Gasteiger partial charge is 0.247 e. The van der Waals surface area contributed by atoms with Gasteiger partial charge in [-0.2, -0.15) is 0 Å². The van der Waals surface area contributed by atoms with Crippen LogP contribution in [0.3, 0.4) is 0 Å². The molecule has 6 aromatic carbocycles. The van der Waals surface area contributed by atoms with Crippen molar-refractivity contribution in [1.29, 1.82) is 0 Å². The maximum Gasteiger partial charge on any atom is 0.247 e. The Labute approximate surface area is 347 Å². The topological polar surface area (TPSA) is 32.5 Å². The average Bonchev–Trinajstić information content (AvgIpc) is 3.20. The number of nitrogens with two attached hydrogens (primary N) is 1. The fraction of sp³-hybridized carbons (Fsp3) is 0.333. The lowest BCUT2D eigenvalue weighted by molar-refractivity contribution is 0.320. The van der Waals surface area contributed by atoms with Crippen molar-refractivity contribution in [2.45, 2.75) is 115 Å². The van der Waals surface area contributed by atoms with Crippen molar-refractivity contribution in [3.8, 4) is 0 Å². The molecular weight excluding hydrogens is 701 g/mol. The second-order valence-electron chi connectivity index (χ2n) is 20.7. The highest BCUT2D eigenvalue weighted by molar-refractivity contribution is 6.99. The molecule has 58 heavy (non-hydrogen) atoms. The molecule has 0 saturated carbocycles. The van der Waals surface area contributed by atoms with Gasteiger partial charge in [0.1, 0.15) is 0 Å². The van der Waals surface area contributed by atoms with Crippen molar-refractivity contribution in [2.75, 3.05) is 9.80 Å². The molecule has 6 aromatic rings. The van der Waals surface area contributed by atoms with Crippen molar-refractivity contribution < 1.29 is 0 Å². The molecule has 292 valence electrons. The maximum absolute atomic E-state index is 7.36. The minimum atomic E-state index is -0.426. The third-order valence-electron chi connectivity index (χ3n) is 15.0.